The highest BCUT2D eigenvalue weighted by Gasteiger charge is 2.15. The summed E-state index contributed by atoms with van der Waals surface area (Å²) in [6.45, 7) is 9.96. The second-order valence-corrected chi connectivity index (χ2v) is 8.82. The third-order valence-electron chi connectivity index (χ3n) is 5.70. The third kappa shape index (κ3) is 6.14. The van der Waals surface area contributed by atoms with Crippen LogP contribution in [0, 0.1) is 13.8 Å². The van der Waals surface area contributed by atoms with E-state index in [0.717, 1.165) is 38.9 Å². The fraction of sp³-hybridized carbons (Fsp3) is 0.400. The molecule has 2 heterocycles. The number of aryl methyl sites for hydroxylation is 2. The molecule has 3 rings (SSSR count). The molecule has 0 atom stereocenters. The van der Waals surface area contributed by atoms with E-state index in [1.807, 2.05) is 40.7 Å². The molecule has 3 N–H and O–H groups in total. The molecule has 0 unspecified atom stereocenters. The second kappa shape index (κ2) is 11.0. The largest absolute Gasteiger partial charge is 0.449 e. The van der Waals surface area contributed by atoms with Crippen molar-refractivity contribution in [1.29, 1.82) is 0 Å². The van der Waals surface area contributed by atoms with E-state index in [9.17, 15) is 19.2 Å². The number of rotatable bonds is 8. The molecule has 0 aliphatic carbocycles. The van der Waals surface area contributed by atoms with Crippen LogP contribution in [0.15, 0.2) is 38.8 Å². The molecule has 0 bridgehead atoms. The lowest BCUT2D eigenvalue weighted by atomic mass is 9.94. The third-order valence-corrected chi connectivity index (χ3v) is 5.70. The number of unbranched alkanes of at least 4 members (excludes halogenated alkanes) is 1. The van der Waals surface area contributed by atoms with Crippen LogP contribution in [0.3, 0.4) is 0 Å². The fourth-order valence-electron chi connectivity index (χ4n) is 3.75. The summed E-state index contributed by atoms with van der Waals surface area (Å²) in [5.41, 5.74) is 3.37. The van der Waals surface area contributed by atoms with Crippen molar-refractivity contribution in [2.75, 3.05) is 11.9 Å². The minimum absolute atomic E-state index is 0.0882. The summed E-state index contributed by atoms with van der Waals surface area (Å²) in [6.07, 6.45) is 3.04. The zero-order chi connectivity index (χ0) is 25.7. The van der Waals surface area contributed by atoms with Crippen molar-refractivity contribution >= 4 is 11.9 Å². The highest BCUT2D eigenvalue weighted by atomic mass is 16.5. The van der Waals surface area contributed by atoms with Gasteiger partial charge < -0.3 is 9.72 Å². The van der Waals surface area contributed by atoms with Gasteiger partial charge in [-0.05, 0) is 73.1 Å². The number of nitrogens with zero attached hydrogens (tertiary/aromatic N) is 2. The van der Waals surface area contributed by atoms with Crippen molar-refractivity contribution in [1.82, 2.24) is 19.7 Å². The molecule has 0 saturated heterocycles. The van der Waals surface area contributed by atoms with E-state index >= 15 is 0 Å². The SMILES string of the molecule is CCCCOC(=O)Nc1nn(-c2cc(C)c(Cc3c[nH]c(=O)c(C(C)C)c3)c(C)c2)c(=O)[nH]c1=O. The number of anilines is 1. The van der Waals surface area contributed by atoms with Crippen molar-refractivity contribution in [2.24, 2.45) is 0 Å². The number of benzene rings is 1. The van der Waals surface area contributed by atoms with Crippen LogP contribution in [0.4, 0.5) is 10.6 Å². The maximum Gasteiger partial charge on any atom is 0.413 e. The normalized spacial score (nSPS) is 11.0. The standard InChI is InChI=1S/C25H31N5O5/c1-6-7-8-35-25(34)27-21-23(32)28-24(33)30(29-21)18-9-15(4)20(16(5)10-18)12-17-11-19(14(2)3)22(31)26-13-17/h9-11,13-14H,6-8,12H2,1-5H3,(H,26,31)(H,27,29,34)(H,28,32,33). The van der Waals surface area contributed by atoms with Gasteiger partial charge in [-0.15, -0.1) is 5.10 Å². The van der Waals surface area contributed by atoms with Crippen molar-refractivity contribution in [3.05, 3.63) is 83.4 Å². The van der Waals surface area contributed by atoms with Crippen LogP contribution in [0.25, 0.3) is 5.69 Å². The monoisotopic (exact) mass is 481 g/mol. The lowest BCUT2D eigenvalue weighted by molar-refractivity contribution is 0.159. The maximum absolute atomic E-state index is 12.5. The molecule has 0 saturated carbocycles. The maximum atomic E-state index is 12.5. The zero-order valence-electron chi connectivity index (χ0n) is 20.7. The number of amides is 1. The molecule has 1 aromatic carbocycles. The number of carbonyl (C=O) groups excluding carboxylic acids is 1. The molecule has 10 heteroatoms. The molecule has 0 radical (unpaired) electrons. The van der Waals surface area contributed by atoms with Crippen LogP contribution in [0.2, 0.25) is 0 Å². The molecule has 2 aromatic heterocycles. The van der Waals surface area contributed by atoms with Crippen LogP contribution in [-0.4, -0.2) is 32.4 Å². The van der Waals surface area contributed by atoms with E-state index in [-0.39, 0.29) is 23.9 Å². The summed E-state index contributed by atoms with van der Waals surface area (Å²) < 4.78 is 6.04. The first-order chi connectivity index (χ1) is 16.6. The van der Waals surface area contributed by atoms with Gasteiger partial charge in [0.15, 0.2) is 0 Å². The second-order valence-electron chi connectivity index (χ2n) is 8.82. The molecule has 35 heavy (non-hydrogen) atoms. The summed E-state index contributed by atoms with van der Waals surface area (Å²) in [6, 6.07) is 5.49. The quantitative estimate of drug-likeness (QED) is 0.422. The summed E-state index contributed by atoms with van der Waals surface area (Å²) in [4.78, 5) is 53.6. The number of hydrogen-bond donors (Lipinski definition) is 3. The van der Waals surface area contributed by atoms with Gasteiger partial charge >= 0.3 is 11.8 Å². The van der Waals surface area contributed by atoms with Gasteiger partial charge in [-0.1, -0.05) is 27.2 Å². The molecule has 3 aromatic rings. The molecule has 0 aliphatic rings. The molecule has 0 spiro atoms. The smallest absolute Gasteiger partial charge is 0.413 e. The molecular formula is C25H31N5O5. The molecule has 186 valence electrons. The van der Waals surface area contributed by atoms with Crippen LogP contribution in [-0.2, 0) is 11.2 Å². The number of aromatic amines is 2. The average Bonchev–Trinajstić information content (AvgIpc) is 2.79. The Morgan fingerprint density at radius 1 is 1.11 bits per heavy atom. The van der Waals surface area contributed by atoms with Gasteiger partial charge in [-0.2, -0.15) is 4.68 Å². The number of hydrogen-bond acceptors (Lipinski definition) is 6. The first-order valence-electron chi connectivity index (χ1n) is 11.6. The minimum atomic E-state index is -0.817. The van der Waals surface area contributed by atoms with Crippen LogP contribution in [0.1, 0.15) is 67.3 Å². The van der Waals surface area contributed by atoms with Crippen molar-refractivity contribution in [3.63, 3.8) is 0 Å². The molecule has 1 amide bonds. The van der Waals surface area contributed by atoms with E-state index in [1.54, 1.807) is 18.3 Å². The van der Waals surface area contributed by atoms with E-state index in [0.29, 0.717) is 18.5 Å². The fourth-order valence-corrected chi connectivity index (χ4v) is 3.75. The highest BCUT2D eigenvalue weighted by molar-refractivity contribution is 5.82. The van der Waals surface area contributed by atoms with Crippen LogP contribution >= 0.6 is 0 Å². The first-order valence-corrected chi connectivity index (χ1v) is 11.6. The van der Waals surface area contributed by atoms with E-state index in [4.69, 9.17) is 4.74 Å². The molecule has 0 fully saturated rings. The number of carbonyl (C=O) groups is 1. The van der Waals surface area contributed by atoms with Crippen LogP contribution < -0.4 is 22.1 Å². The van der Waals surface area contributed by atoms with Gasteiger partial charge in [0, 0.05) is 11.8 Å². The van der Waals surface area contributed by atoms with Gasteiger partial charge in [-0.25, -0.2) is 9.59 Å². The number of H-pyrrole nitrogens is 2. The van der Waals surface area contributed by atoms with Gasteiger partial charge in [0.25, 0.3) is 11.1 Å². The zero-order valence-corrected chi connectivity index (χ0v) is 20.7. The van der Waals surface area contributed by atoms with Gasteiger partial charge in [0.1, 0.15) is 0 Å². The van der Waals surface area contributed by atoms with E-state index in [1.165, 1.54) is 0 Å². The summed E-state index contributed by atoms with van der Waals surface area (Å²) in [5.74, 6) is -0.229. The molecule has 0 aliphatic heterocycles. The Bertz CT molecular complexity index is 1380. The topological polar surface area (TPSA) is 139 Å². The van der Waals surface area contributed by atoms with Gasteiger partial charge in [0.05, 0.1) is 12.3 Å². The Labute approximate surface area is 202 Å². The van der Waals surface area contributed by atoms with E-state index in [2.05, 4.69) is 20.4 Å². The summed E-state index contributed by atoms with van der Waals surface area (Å²) in [5, 5.41) is 6.35. The van der Waals surface area contributed by atoms with Gasteiger partial charge in [-0.3, -0.25) is 19.9 Å². The number of nitrogens with one attached hydrogen (secondary N) is 3. The number of ether oxygens (including phenoxy) is 1. The number of aromatic nitrogens is 4. The predicted octanol–water partition coefficient (Wildman–Crippen LogP) is 3.29. The Morgan fingerprint density at radius 3 is 2.43 bits per heavy atom. The lowest BCUT2D eigenvalue weighted by Gasteiger charge is -2.15. The van der Waals surface area contributed by atoms with Crippen molar-refractivity contribution in [2.45, 2.75) is 59.8 Å². The Morgan fingerprint density at radius 2 is 1.80 bits per heavy atom. The average molecular weight is 482 g/mol. The Hall–Kier alpha value is -3.95. The predicted molar refractivity (Wildman–Crippen MR) is 134 cm³/mol. The summed E-state index contributed by atoms with van der Waals surface area (Å²) >= 11 is 0. The van der Waals surface area contributed by atoms with Gasteiger partial charge in [0.2, 0.25) is 5.82 Å². The number of pyridine rings is 1. The van der Waals surface area contributed by atoms with Crippen molar-refractivity contribution < 1.29 is 9.53 Å². The minimum Gasteiger partial charge on any atom is -0.449 e. The first kappa shape index (κ1) is 25.7. The lowest BCUT2D eigenvalue weighted by Crippen LogP contribution is -2.34. The highest BCUT2D eigenvalue weighted by Crippen LogP contribution is 2.22. The van der Waals surface area contributed by atoms with Crippen LogP contribution in [0.5, 0.6) is 0 Å². The Kier molecular flexibility index (Phi) is 8.06. The summed E-state index contributed by atoms with van der Waals surface area (Å²) in [7, 11) is 0. The Balaban J connectivity index is 1.92. The molecular weight excluding hydrogens is 450 g/mol. The molecule has 10 nitrogen and oxygen atoms in total. The van der Waals surface area contributed by atoms with Crippen molar-refractivity contribution in [3.8, 4) is 5.69 Å². The van der Waals surface area contributed by atoms with E-state index < -0.39 is 17.3 Å².